The molecule has 1 saturated heterocycles. The number of carbonyl (C=O) groups is 1. The minimum absolute atomic E-state index is 0.146. The average molecular weight is 260 g/mol. The highest BCUT2D eigenvalue weighted by Gasteiger charge is 2.27. The van der Waals surface area contributed by atoms with Crippen LogP contribution in [0.25, 0.3) is 0 Å². The predicted molar refractivity (Wildman–Crippen MR) is 77.7 cm³/mol. The molecule has 0 spiro atoms. The van der Waals surface area contributed by atoms with Gasteiger partial charge in [-0.2, -0.15) is 0 Å². The highest BCUT2D eigenvalue weighted by molar-refractivity contribution is 5.79. The van der Waals surface area contributed by atoms with Crippen LogP contribution in [-0.4, -0.2) is 30.4 Å². The Morgan fingerprint density at radius 1 is 1.32 bits per heavy atom. The van der Waals surface area contributed by atoms with Crippen LogP contribution in [0.4, 0.5) is 0 Å². The van der Waals surface area contributed by atoms with E-state index in [4.69, 9.17) is 0 Å². The van der Waals surface area contributed by atoms with Crippen molar-refractivity contribution in [2.75, 3.05) is 19.6 Å². The molecule has 1 heterocycles. The van der Waals surface area contributed by atoms with Gasteiger partial charge in [-0.3, -0.25) is 4.79 Å². The number of piperidine rings is 1. The molecule has 0 radical (unpaired) electrons. The zero-order valence-electron chi connectivity index (χ0n) is 11.9. The maximum Gasteiger partial charge on any atom is 0.227 e. The van der Waals surface area contributed by atoms with Gasteiger partial charge in [0.05, 0.1) is 5.92 Å². The molecule has 0 saturated carbocycles. The van der Waals surface area contributed by atoms with E-state index in [2.05, 4.69) is 31.3 Å². The van der Waals surface area contributed by atoms with Crippen molar-refractivity contribution in [3.8, 4) is 0 Å². The molecule has 0 bridgehead atoms. The second-order valence-electron chi connectivity index (χ2n) is 5.53. The van der Waals surface area contributed by atoms with Crippen molar-refractivity contribution in [2.45, 2.75) is 26.8 Å². The molecule has 2 atom stereocenters. The van der Waals surface area contributed by atoms with Gasteiger partial charge in [-0.1, -0.05) is 37.3 Å². The van der Waals surface area contributed by atoms with Gasteiger partial charge < -0.3 is 10.2 Å². The molecule has 1 aromatic carbocycles. The fourth-order valence-electron chi connectivity index (χ4n) is 2.75. The van der Waals surface area contributed by atoms with Gasteiger partial charge in [0.25, 0.3) is 0 Å². The van der Waals surface area contributed by atoms with Gasteiger partial charge >= 0.3 is 0 Å². The summed E-state index contributed by atoms with van der Waals surface area (Å²) < 4.78 is 0. The average Bonchev–Trinajstić information content (AvgIpc) is 2.45. The highest BCUT2D eigenvalue weighted by Crippen LogP contribution is 2.19. The molecule has 1 amide bonds. The Bertz CT molecular complexity index is 404. The molecule has 104 valence electrons. The Morgan fingerprint density at radius 3 is 2.68 bits per heavy atom. The Balaban J connectivity index is 1.98. The summed E-state index contributed by atoms with van der Waals surface area (Å²) in [7, 11) is 0. The minimum Gasteiger partial charge on any atom is -0.338 e. The molecule has 2 unspecified atom stereocenters. The lowest BCUT2D eigenvalue weighted by molar-refractivity contribution is -0.137. The van der Waals surface area contributed by atoms with Gasteiger partial charge in [-0.25, -0.2) is 0 Å². The summed E-state index contributed by atoms with van der Waals surface area (Å²) in [6.45, 7) is 7.63. The predicted octanol–water partition coefficient (Wildman–Crippen LogP) is 2.28. The normalized spacial score (nSPS) is 23.1. The van der Waals surface area contributed by atoms with Crippen LogP contribution in [0.1, 0.15) is 25.8 Å². The first-order valence-electron chi connectivity index (χ1n) is 7.24. The van der Waals surface area contributed by atoms with E-state index in [-0.39, 0.29) is 5.92 Å². The molecule has 1 N–H and O–H groups in total. The molecule has 2 rings (SSSR count). The number of nitrogens with one attached hydrogen (secondary N) is 1. The van der Waals surface area contributed by atoms with Crippen LogP contribution in [0.15, 0.2) is 30.3 Å². The third-order valence-electron chi connectivity index (χ3n) is 3.83. The van der Waals surface area contributed by atoms with E-state index in [1.807, 2.05) is 23.1 Å². The summed E-state index contributed by atoms with van der Waals surface area (Å²) in [5.41, 5.74) is 1.20. The fraction of sp³-hybridized carbons (Fsp3) is 0.562. The number of hydrogen-bond donors (Lipinski definition) is 1. The molecular formula is C16H24N2O. The van der Waals surface area contributed by atoms with Crippen molar-refractivity contribution in [3.05, 3.63) is 35.9 Å². The van der Waals surface area contributed by atoms with E-state index < -0.39 is 0 Å². The van der Waals surface area contributed by atoms with Crippen LogP contribution in [0, 0.1) is 11.8 Å². The third-order valence-corrected chi connectivity index (χ3v) is 3.83. The van der Waals surface area contributed by atoms with Crippen molar-refractivity contribution < 1.29 is 4.79 Å². The highest BCUT2D eigenvalue weighted by atomic mass is 16.2. The summed E-state index contributed by atoms with van der Waals surface area (Å²) in [4.78, 5) is 14.5. The van der Waals surface area contributed by atoms with E-state index in [1.54, 1.807) is 0 Å². The van der Waals surface area contributed by atoms with Gasteiger partial charge in [0, 0.05) is 19.6 Å². The van der Waals surface area contributed by atoms with Gasteiger partial charge in [-0.15, -0.1) is 0 Å². The summed E-state index contributed by atoms with van der Waals surface area (Å²) >= 11 is 0. The van der Waals surface area contributed by atoms with Crippen molar-refractivity contribution in [1.29, 1.82) is 0 Å². The SMILES string of the molecule is CCN(Cc1ccccc1)C(=O)C1CNCC(C)C1. The fourth-order valence-corrected chi connectivity index (χ4v) is 2.75. The first-order chi connectivity index (χ1) is 9.20. The zero-order valence-corrected chi connectivity index (χ0v) is 11.9. The van der Waals surface area contributed by atoms with Crippen LogP contribution in [-0.2, 0) is 11.3 Å². The molecule has 1 aliphatic rings. The van der Waals surface area contributed by atoms with Crippen molar-refractivity contribution in [3.63, 3.8) is 0 Å². The zero-order chi connectivity index (χ0) is 13.7. The Hall–Kier alpha value is -1.35. The van der Waals surface area contributed by atoms with Crippen LogP contribution < -0.4 is 5.32 Å². The van der Waals surface area contributed by atoms with E-state index in [0.29, 0.717) is 11.8 Å². The monoisotopic (exact) mass is 260 g/mol. The van der Waals surface area contributed by atoms with Crippen LogP contribution in [0.2, 0.25) is 0 Å². The summed E-state index contributed by atoms with van der Waals surface area (Å²) in [5.74, 6) is 1.04. The first kappa shape index (κ1) is 14.1. The van der Waals surface area contributed by atoms with Crippen molar-refractivity contribution >= 4 is 5.91 Å². The third kappa shape index (κ3) is 3.80. The molecule has 1 fully saturated rings. The summed E-state index contributed by atoms with van der Waals surface area (Å²) in [6.07, 6.45) is 1.01. The lowest BCUT2D eigenvalue weighted by Crippen LogP contribution is -2.45. The lowest BCUT2D eigenvalue weighted by Gasteiger charge is -2.31. The van der Waals surface area contributed by atoms with Gasteiger partial charge in [0.2, 0.25) is 5.91 Å². The van der Waals surface area contributed by atoms with E-state index in [9.17, 15) is 4.79 Å². The Labute approximate surface area is 116 Å². The second-order valence-corrected chi connectivity index (χ2v) is 5.53. The number of hydrogen-bond acceptors (Lipinski definition) is 2. The maximum atomic E-state index is 12.6. The number of nitrogens with zero attached hydrogens (tertiary/aromatic N) is 1. The van der Waals surface area contributed by atoms with E-state index >= 15 is 0 Å². The molecule has 0 aromatic heterocycles. The van der Waals surface area contributed by atoms with Crippen molar-refractivity contribution in [2.24, 2.45) is 11.8 Å². The summed E-state index contributed by atoms with van der Waals surface area (Å²) in [5, 5.41) is 3.36. The van der Waals surface area contributed by atoms with Gasteiger partial charge in [0.1, 0.15) is 0 Å². The largest absolute Gasteiger partial charge is 0.338 e. The van der Waals surface area contributed by atoms with E-state index in [0.717, 1.165) is 32.6 Å². The number of benzene rings is 1. The van der Waals surface area contributed by atoms with E-state index in [1.165, 1.54) is 5.56 Å². The van der Waals surface area contributed by atoms with Gasteiger partial charge in [0.15, 0.2) is 0 Å². The lowest BCUT2D eigenvalue weighted by atomic mass is 9.90. The standard InChI is InChI=1S/C16H24N2O/c1-3-18(12-14-7-5-4-6-8-14)16(19)15-9-13(2)10-17-11-15/h4-8,13,15,17H,3,9-12H2,1-2H3. The number of carbonyl (C=O) groups excluding carboxylic acids is 1. The molecule has 1 aromatic rings. The molecule has 0 aliphatic carbocycles. The first-order valence-corrected chi connectivity index (χ1v) is 7.24. The Kier molecular flexibility index (Phi) is 4.97. The van der Waals surface area contributed by atoms with Gasteiger partial charge in [-0.05, 0) is 31.4 Å². The molecular weight excluding hydrogens is 236 g/mol. The maximum absolute atomic E-state index is 12.6. The molecule has 19 heavy (non-hydrogen) atoms. The minimum atomic E-state index is 0.146. The molecule has 3 heteroatoms. The van der Waals surface area contributed by atoms with Crippen LogP contribution >= 0.6 is 0 Å². The quantitative estimate of drug-likeness (QED) is 0.901. The number of amides is 1. The van der Waals surface area contributed by atoms with Crippen LogP contribution in [0.5, 0.6) is 0 Å². The molecule has 1 aliphatic heterocycles. The summed E-state index contributed by atoms with van der Waals surface area (Å²) in [6, 6.07) is 10.2. The van der Waals surface area contributed by atoms with Crippen LogP contribution in [0.3, 0.4) is 0 Å². The smallest absolute Gasteiger partial charge is 0.227 e. The molecule has 3 nitrogen and oxygen atoms in total. The number of rotatable bonds is 4. The topological polar surface area (TPSA) is 32.3 Å². The Morgan fingerprint density at radius 2 is 2.05 bits per heavy atom. The second kappa shape index (κ2) is 6.71. The van der Waals surface area contributed by atoms with Crippen molar-refractivity contribution in [1.82, 2.24) is 10.2 Å².